The van der Waals surface area contributed by atoms with Crippen molar-refractivity contribution in [3.63, 3.8) is 0 Å². The number of hydrogen-bond donors (Lipinski definition) is 1. The van der Waals surface area contributed by atoms with E-state index in [2.05, 4.69) is 4.90 Å². The van der Waals surface area contributed by atoms with Crippen molar-refractivity contribution < 1.29 is 13.9 Å². The van der Waals surface area contributed by atoms with E-state index in [0.717, 1.165) is 53.3 Å². The molecule has 1 aliphatic rings. The maximum Gasteiger partial charge on any atom is 0.226 e. The van der Waals surface area contributed by atoms with Gasteiger partial charge in [0.25, 0.3) is 0 Å². The number of carbonyl (C=O) groups is 1. The molecule has 1 aromatic heterocycles. The molecule has 3 rings (SSSR count). The zero-order chi connectivity index (χ0) is 18.8. The van der Waals surface area contributed by atoms with Crippen LogP contribution >= 0.6 is 0 Å². The number of benzene rings is 1. The lowest BCUT2D eigenvalue weighted by Gasteiger charge is -2.30. The number of primary amides is 1. The van der Waals surface area contributed by atoms with Gasteiger partial charge in [0.2, 0.25) is 11.8 Å². The van der Waals surface area contributed by atoms with Crippen LogP contribution in [0.2, 0.25) is 0 Å². The zero-order valence-corrected chi connectivity index (χ0v) is 16.0. The first kappa shape index (κ1) is 18.5. The van der Waals surface area contributed by atoms with Gasteiger partial charge < -0.3 is 14.9 Å². The minimum absolute atomic E-state index is 0.0677. The Balaban J connectivity index is 1.81. The van der Waals surface area contributed by atoms with Gasteiger partial charge in [-0.25, -0.2) is 4.98 Å². The van der Waals surface area contributed by atoms with E-state index in [4.69, 9.17) is 19.9 Å². The molecule has 140 valence electrons. The normalized spacial score (nSPS) is 18.1. The molecule has 1 fully saturated rings. The highest BCUT2D eigenvalue weighted by Gasteiger charge is 2.25. The summed E-state index contributed by atoms with van der Waals surface area (Å²) < 4.78 is 11.3. The van der Waals surface area contributed by atoms with Gasteiger partial charge in [0, 0.05) is 18.7 Å². The topological polar surface area (TPSA) is 81.6 Å². The summed E-state index contributed by atoms with van der Waals surface area (Å²) in [5, 5.41) is 0. The van der Waals surface area contributed by atoms with E-state index in [1.807, 2.05) is 32.9 Å². The third-order valence-corrected chi connectivity index (χ3v) is 5.15. The molecule has 6 heteroatoms. The highest BCUT2D eigenvalue weighted by molar-refractivity contribution is 5.76. The fourth-order valence-corrected chi connectivity index (χ4v) is 3.57. The quantitative estimate of drug-likeness (QED) is 0.890. The van der Waals surface area contributed by atoms with Crippen LogP contribution < -0.4 is 10.5 Å². The second kappa shape index (κ2) is 7.50. The van der Waals surface area contributed by atoms with Crippen molar-refractivity contribution in [1.82, 2.24) is 9.88 Å². The molecule has 2 aromatic rings. The molecular weight excluding hydrogens is 330 g/mol. The zero-order valence-electron chi connectivity index (χ0n) is 16.0. The Morgan fingerprint density at radius 2 is 2.12 bits per heavy atom. The van der Waals surface area contributed by atoms with E-state index in [1.165, 1.54) is 0 Å². The first-order valence-electron chi connectivity index (χ1n) is 9.02. The first-order chi connectivity index (χ1) is 12.4. The van der Waals surface area contributed by atoms with Crippen molar-refractivity contribution in [2.75, 3.05) is 20.2 Å². The number of nitrogens with zero attached hydrogens (tertiary/aromatic N) is 2. The van der Waals surface area contributed by atoms with Gasteiger partial charge in [0.1, 0.15) is 11.5 Å². The summed E-state index contributed by atoms with van der Waals surface area (Å²) in [6, 6.07) is 4.05. The highest BCUT2D eigenvalue weighted by Crippen LogP contribution is 2.31. The molecule has 0 bridgehead atoms. The van der Waals surface area contributed by atoms with Crippen LogP contribution in [0.5, 0.6) is 5.75 Å². The number of amides is 1. The molecule has 6 nitrogen and oxygen atoms in total. The predicted octanol–water partition coefficient (Wildman–Crippen LogP) is 2.97. The van der Waals surface area contributed by atoms with Crippen molar-refractivity contribution in [1.29, 1.82) is 0 Å². The Kier molecular flexibility index (Phi) is 5.32. The number of aryl methyl sites for hydroxylation is 3. The molecule has 1 amide bonds. The number of carbonyl (C=O) groups excluding carboxylic acids is 1. The lowest BCUT2D eigenvalue weighted by atomic mass is 9.97. The molecule has 1 atom stereocenters. The van der Waals surface area contributed by atoms with Crippen LogP contribution in [-0.4, -0.2) is 36.0 Å². The summed E-state index contributed by atoms with van der Waals surface area (Å²) in [7, 11) is 1.67. The molecule has 26 heavy (non-hydrogen) atoms. The fraction of sp³-hybridized carbons (Fsp3) is 0.500. The van der Waals surface area contributed by atoms with E-state index >= 15 is 0 Å². The van der Waals surface area contributed by atoms with Crippen LogP contribution in [0.4, 0.5) is 0 Å². The lowest BCUT2D eigenvalue weighted by molar-refractivity contribution is -0.123. The number of ether oxygens (including phenoxy) is 1. The monoisotopic (exact) mass is 357 g/mol. The summed E-state index contributed by atoms with van der Waals surface area (Å²) in [5.74, 6) is 2.03. The van der Waals surface area contributed by atoms with Crippen LogP contribution in [0.3, 0.4) is 0 Å². The minimum atomic E-state index is -0.211. The second-order valence-electron chi connectivity index (χ2n) is 7.14. The molecule has 0 saturated carbocycles. The Labute approximate surface area is 154 Å². The van der Waals surface area contributed by atoms with Crippen molar-refractivity contribution in [2.24, 2.45) is 11.7 Å². The number of aromatic nitrogens is 1. The molecule has 1 aliphatic heterocycles. The lowest BCUT2D eigenvalue weighted by Crippen LogP contribution is -2.40. The number of piperidine rings is 1. The van der Waals surface area contributed by atoms with Crippen LogP contribution in [-0.2, 0) is 11.3 Å². The first-order valence-corrected chi connectivity index (χ1v) is 9.02. The summed E-state index contributed by atoms with van der Waals surface area (Å²) >= 11 is 0. The summed E-state index contributed by atoms with van der Waals surface area (Å²) in [5.41, 5.74) is 9.48. The summed E-state index contributed by atoms with van der Waals surface area (Å²) in [6.45, 7) is 8.29. The van der Waals surface area contributed by atoms with Crippen molar-refractivity contribution >= 4 is 5.91 Å². The van der Waals surface area contributed by atoms with Gasteiger partial charge in [0.05, 0.1) is 18.7 Å². The number of oxazole rings is 1. The second-order valence-corrected chi connectivity index (χ2v) is 7.14. The minimum Gasteiger partial charge on any atom is -0.496 e. The van der Waals surface area contributed by atoms with Gasteiger partial charge in [0.15, 0.2) is 0 Å². The van der Waals surface area contributed by atoms with E-state index in [1.54, 1.807) is 7.11 Å². The van der Waals surface area contributed by atoms with Gasteiger partial charge in [-0.1, -0.05) is 0 Å². The third kappa shape index (κ3) is 3.75. The molecule has 2 heterocycles. The standard InChI is InChI=1S/C20H27N3O3/c1-12-9-18(25-4)13(2)8-16(12)20-22-17(14(3)26-20)11-23-7-5-6-15(10-23)19(21)24/h8-9,15H,5-7,10-11H2,1-4H3,(H2,21,24)/t15-/m1/s1. The van der Waals surface area contributed by atoms with Crippen LogP contribution in [0.25, 0.3) is 11.5 Å². The van der Waals surface area contributed by atoms with Gasteiger partial charge in [-0.15, -0.1) is 0 Å². The van der Waals surface area contributed by atoms with Gasteiger partial charge in [-0.05, 0) is 63.4 Å². The molecule has 1 saturated heterocycles. The smallest absolute Gasteiger partial charge is 0.226 e. The molecule has 0 aliphatic carbocycles. The largest absolute Gasteiger partial charge is 0.496 e. The number of methoxy groups -OCH3 is 1. The number of nitrogens with two attached hydrogens (primary N) is 1. The molecule has 0 unspecified atom stereocenters. The van der Waals surface area contributed by atoms with E-state index in [-0.39, 0.29) is 11.8 Å². The highest BCUT2D eigenvalue weighted by atomic mass is 16.5. The average Bonchev–Trinajstić information content (AvgIpc) is 2.97. The van der Waals surface area contributed by atoms with E-state index in [9.17, 15) is 4.79 Å². The van der Waals surface area contributed by atoms with E-state index < -0.39 is 0 Å². The molecular formula is C20H27N3O3. The van der Waals surface area contributed by atoms with Gasteiger partial charge in [-0.3, -0.25) is 9.69 Å². The number of likely N-dealkylation sites (tertiary alicyclic amines) is 1. The number of hydrogen-bond acceptors (Lipinski definition) is 5. The van der Waals surface area contributed by atoms with Crippen LogP contribution in [0.1, 0.15) is 35.4 Å². The Morgan fingerprint density at radius 3 is 2.81 bits per heavy atom. The predicted molar refractivity (Wildman–Crippen MR) is 99.9 cm³/mol. The Morgan fingerprint density at radius 1 is 1.35 bits per heavy atom. The van der Waals surface area contributed by atoms with Crippen LogP contribution in [0, 0.1) is 26.7 Å². The molecule has 0 radical (unpaired) electrons. The fourth-order valence-electron chi connectivity index (χ4n) is 3.57. The molecule has 2 N–H and O–H groups in total. The van der Waals surface area contributed by atoms with Crippen molar-refractivity contribution in [3.05, 3.63) is 34.7 Å². The number of rotatable bonds is 5. The maximum atomic E-state index is 11.5. The van der Waals surface area contributed by atoms with Crippen LogP contribution in [0.15, 0.2) is 16.5 Å². The van der Waals surface area contributed by atoms with Gasteiger partial charge >= 0.3 is 0 Å². The maximum absolute atomic E-state index is 11.5. The molecule has 0 spiro atoms. The third-order valence-electron chi connectivity index (χ3n) is 5.15. The van der Waals surface area contributed by atoms with Crippen molar-refractivity contribution in [2.45, 2.75) is 40.2 Å². The van der Waals surface area contributed by atoms with Gasteiger partial charge in [-0.2, -0.15) is 0 Å². The van der Waals surface area contributed by atoms with E-state index in [0.29, 0.717) is 19.0 Å². The van der Waals surface area contributed by atoms with Crippen molar-refractivity contribution in [3.8, 4) is 17.2 Å². The Bertz CT molecular complexity index is 813. The summed E-state index contributed by atoms with van der Waals surface area (Å²) in [4.78, 5) is 18.5. The summed E-state index contributed by atoms with van der Waals surface area (Å²) in [6.07, 6.45) is 1.85. The SMILES string of the molecule is COc1cc(C)c(-c2nc(CN3CCC[C@@H](C(N)=O)C3)c(C)o2)cc1C. The Hall–Kier alpha value is -2.34. The average molecular weight is 357 g/mol. The molecule has 1 aromatic carbocycles.